The Morgan fingerprint density at radius 1 is 1.22 bits per heavy atom. The van der Waals surface area contributed by atoms with Crippen LogP contribution < -0.4 is 5.32 Å². The highest BCUT2D eigenvalue weighted by atomic mass is 19.4. The fourth-order valence-electron chi connectivity index (χ4n) is 4.72. The predicted octanol–water partition coefficient (Wildman–Crippen LogP) is 2.34. The number of alkyl halides is 3. The van der Waals surface area contributed by atoms with Crippen LogP contribution in [0.1, 0.15) is 40.5 Å². The Hall–Kier alpha value is -1.27. The molecule has 0 bridgehead atoms. The van der Waals surface area contributed by atoms with Crippen LogP contribution >= 0.6 is 0 Å². The van der Waals surface area contributed by atoms with Gasteiger partial charge in [0.1, 0.15) is 6.04 Å². The number of halogens is 3. The molecule has 3 fully saturated rings. The maximum absolute atomic E-state index is 12.8. The van der Waals surface area contributed by atoms with E-state index < -0.39 is 18.1 Å². The molecule has 23 heavy (non-hydrogen) atoms. The van der Waals surface area contributed by atoms with Gasteiger partial charge >= 0.3 is 12.1 Å². The minimum atomic E-state index is -4.96. The second-order valence-corrected chi connectivity index (χ2v) is 8.11. The van der Waals surface area contributed by atoms with Crippen molar-refractivity contribution in [3.63, 3.8) is 0 Å². The molecule has 1 N–H and O–H groups in total. The van der Waals surface area contributed by atoms with Crippen molar-refractivity contribution in [1.29, 1.82) is 0 Å². The van der Waals surface area contributed by atoms with Gasteiger partial charge in [0, 0.05) is 12.6 Å². The van der Waals surface area contributed by atoms with Crippen molar-refractivity contribution in [3.05, 3.63) is 0 Å². The van der Waals surface area contributed by atoms with Crippen molar-refractivity contribution in [3.8, 4) is 0 Å². The summed E-state index contributed by atoms with van der Waals surface area (Å²) < 4.78 is 37.5. The highest BCUT2D eigenvalue weighted by molar-refractivity contribution is 5.90. The standard InChI is InChI=1S/C16H23F3N2O2/c1-8-11-14(2,3)15(11,4)7-21(8)12(22)10(9-5-6-9)20-13(23)16(17,18)19/h8-11H,5-7H2,1-4H3,(H,20,23)/t8-,10+,11+,15+/m1/s1. The molecule has 4 atom stereocenters. The van der Waals surface area contributed by atoms with Gasteiger partial charge in [0.05, 0.1) is 0 Å². The molecule has 130 valence electrons. The lowest BCUT2D eigenvalue weighted by molar-refractivity contribution is -0.175. The zero-order valence-electron chi connectivity index (χ0n) is 13.8. The second kappa shape index (κ2) is 4.63. The topological polar surface area (TPSA) is 49.4 Å². The van der Waals surface area contributed by atoms with E-state index in [0.717, 1.165) is 0 Å². The van der Waals surface area contributed by atoms with Gasteiger partial charge in [-0.15, -0.1) is 0 Å². The highest BCUT2D eigenvalue weighted by Gasteiger charge is 2.75. The number of piperidine rings is 1. The fraction of sp³-hybridized carbons (Fsp3) is 0.875. The molecule has 3 rings (SSSR count). The normalized spacial score (nSPS) is 36.4. The third-order valence-corrected chi connectivity index (χ3v) is 6.51. The van der Waals surface area contributed by atoms with Gasteiger partial charge in [-0.1, -0.05) is 20.8 Å². The average Bonchev–Trinajstić information content (AvgIpc) is 3.27. The van der Waals surface area contributed by atoms with Gasteiger partial charge in [0.2, 0.25) is 5.91 Å². The Bertz CT molecular complexity index is 556. The van der Waals surface area contributed by atoms with Crippen LogP contribution in [0.2, 0.25) is 0 Å². The number of carbonyl (C=O) groups is 2. The molecule has 2 saturated carbocycles. The molecule has 0 aromatic rings. The summed E-state index contributed by atoms with van der Waals surface area (Å²) in [7, 11) is 0. The quantitative estimate of drug-likeness (QED) is 0.862. The average molecular weight is 332 g/mol. The molecule has 0 radical (unpaired) electrons. The van der Waals surface area contributed by atoms with E-state index in [1.165, 1.54) is 0 Å². The van der Waals surface area contributed by atoms with Crippen molar-refractivity contribution in [2.45, 2.75) is 58.8 Å². The number of hydrogen-bond acceptors (Lipinski definition) is 2. The van der Waals surface area contributed by atoms with Gasteiger partial charge in [-0.2, -0.15) is 13.2 Å². The molecule has 0 aromatic heterocycles. The molecule has 2 aliphatic carbocycles. The Balaban J connectivity index is 1.73. The van der Waals surface area contributed by atoms with Crippen LogP contribution in [0.3, 0.4) is 0 Å². The Morgan fingerprint density at radius 3 is 2.17 bits per heavy atom. The first kappa shape index (κ1) is 16.6. The smallest absolute Gasteiger partial charge is 0.337 e. The predicted molar refractivity (Wildman–Crippen MR) is 77.3 cm³/mol. The van der Waals surface area contributed by atoms with Crippen LogP contribution in [0.15, 0.2) is 0 Å². The summed E-state index contributed by atoms with van der Waals surface area (Å²) in [5, 5.41) is 1.92. The third-order valence-electron chi connectivity index (χ3n) is 6.51. The molecule has 7 heteroatoms. The molecule has 1 heterocycles. The van der Waals surface area contributed by atoms with E-state index in [4.69, 9.17) is 0 Å². The minimum absolute atomic E-state index is 0.00783. The van der Waals surface area contributed by atoms with E-state index in [0.29, 0.717) is 25.3 Å². The molecular formula is C16H23F3N2O2. The van der Waals surface area contributed by atoms with Crippen LogP contribution in [-0.4, -0.2) is 41.5 Å². The van der Waals surface area contributed by atoms with Gasteiger partial charge in [0.25, 0.3) is 0 Å². The first-order chi connectivity index (χ1) is 10.4. The molecule has 2 amide bonds. The maximum atomic E-state index is 12.8. The molecule has 0 spiro atoms. The van der Waals surface area contributed by atoms with E-state index in [9.17, 15) is 22.8 Å². The van der Waals surface area contributed by atoms with Gasteiger partial charge < -0.3 is 10.2 Å². The van der Waals surface area contributed by atoms with Crippen LogP contribution in [0.4, 0.5) is 13.2 Å². The van der Waals surface area contributed by atoms with Crippen LogP contribution in [0.5, 0.6) is 0 Å². The Kier molecular flexibility index (Phi) is 3.34. The van der Waals surface area contributed by atoms with Crippen molar-refractivity contribution >= 4 is 11.8 Å². The van der Waals surface area contributed by atoms with Crippen molar-refractivity contribution in [2.75, 3.05) is 6.54 Å². The Morgan fingerprint density at radius 2 is 1.78 bits per heavy atom. The third kappa shape index (κ3) is 2.34. The fourth-order valence-corrected chi connectivity index (χ4v) is 4.72. The minimum Gasteiger partial charge on any atom is -0.337 e. The lowest BCUT2D eigenvalue weighted by atomic mass is 9.96. The molecule has 1 saturated heterocycles. The summed E-state index contributed by atoms with van der Waals surface area (Å²) in [6.45, 7) is 8.97. The first-order valence-corrected chi connectivity index (χ1v) is 8.09. The first-order valence-electron chi connectivity index (χ1n) is 8.09. The van der Waals surface area contributed by atoms with E-state index in [-0.39, 0.29) is 28.7 Å². The number of rotatable bonds is 3. The van der Waals surface area contributed by atoms with Crippen molar-refractivity contribution < 1.29 is 22.8 Å². The van der Waals surface area contributed by atoms with Gasteiger partial charge in [0.15, 0.2) is 0 Å². The monoisotopic (exact) mass is 332 g/mol. The number of nitrogens with one attached hydrogen (secondary N) is 1. The number of carbonyl (C=O) groups excluding carboxylic acids is 2. The van der Waals surface area contributed by atoms with E-state index in [1.54, 1.807) is 4.90 Å². The summed E-state index contributed by atoms with van der Waals surface area (Å²) in [4.78, 5) is 25.7. The summed E-state index contributed by atoms with van der Waals surface area (Å²) in [6, 6.07) is -1.05. The van der Waals surface area contributed by atoms with E-state index >= 15 is 0 Å². The number of amides is 2. The molecule has 1 aliphatic heterocycles. The second-order valence-electron chi connectivity index (χ2n) is 8.11. The summed E-state index contributed by atoms with van der Waals surface area (Å²) >= 11 is 0. The maximum Gasteiger partial charge on any atom is 0.471 e. The van der Waals surface area contributed by atoms with Crippen molar-refractivity contribution in [2.24, 2.45) is 22.7 Å². The molecule has 0 aromatic carbocycles. The number of fused-ring (bicyclic) bond motifs is 1. The number of nitrogens with zero attached hydrogens (tertiary/aromatic N) is 1. The molecule has 0 unspecified atom stereocenters. The number of hydrogen-bond donors (Lipinski definition) is 1. The summed E-state index contributed by atoms with van der Waals surface area (Å²) in [5.74, 6) is -2.19. The number of likely N-dealkylation sites (tertiary alicyclic amines) is 1. The van der Waals surface area contributed by atoms with Crippen LogP contribution in [-0.2, 0) is 9.59 Å². The lowest BCUT2D eigenvalue weighted by Gasteiger charge is -2.33. The summed E-state index contributed by atoms with van der Waals surface area (Å²) in [6.07, 6.45) is -3.59. The van der Waals surface area contributed by atoms with Crippen LogP contribution in [0.25, 0.3) is 0 Å². The van der Waals surface area contributed by atoms with E-state index in [1.807, 2.05) is 12.2 Å². The Labute approximate surface area is 133 Å². The summed E-state index contributed by atoms with van der Waals surface area (Å²) in [5.41, 5.74) is 0.164. The van der Waals surface area contributed by atoms with Gasteiger partial charge in [-0.3, -0.25) is 9.59 Å². The van der Waals surface area contributed by atoms with Crippen molar-refractivity contribution in [1.82, 2.24) is 10.2 Å². The molecule has 3 aliphatic rings. The van der Waals surface area contributed by atoms with Crippen LogP contribution in [0, 0.1) is 22.7 Å². The largest absolute Gasteiger partial charge is 0.471 e. The SMILES string of the molecule is C[C@@H]1[C@H]2C(C)(C)[C@@]2(C)CN1C(=O)[C@@H](NC(=O)C(F)(F)F)C1CC1. The zero-order valence-corrected chi connectivity index (χ0v) is 13.8. The highest BCUT2D eigenvalue weighted by Crippen LogP contribution is 2.74. The lowest BCUT2D eigenvalue weighted by Crippen LogP contribution is -2.54. The molecular weight excluding hydrogens is 309 g/mol. The van der Waals surface area contributed by atoms with Gasteiger partial charge in [-0.25, -0.2) is 0 Å². The van der Waals surface area contributed by atoms with E-state index in [2.05, 4.69) is 20.8 Å². The molecule has 4 nitrogen and oxygen atoms in total. The van der Waals surface area contributed by atoms with Gasteiger partial charge in [-0.05, 0) is 42.4 Å². The zero-order chi connectivity index (χ0) is 17.4.